The predicted molar refractivity (Wildman–Crippen MR) is 177 cm³/mol. The second kappa shape index (κ2) is 12.7. The number of nitrogens with zero attached hydrogens (tertiary/aromatic N) is 3. The molecule has 5 aromatic rings. The molecule has 2 N–H and O–H groups in total. The smallest absolute Gasteiger partial charge is 0.172 e. The molecule has 1 aliphatic carbocycles. The van der Waals surface area contributed by atoms with Crippen LogP contribution in [0.1, 0.15) is 24.0 Å². The number of hydrogen-bond acceptors (Lipinski definition) is 6. The number of phenols is 1. The molecule has 0 fully saturated rings. The van der Waals surface area contributed by atoms with Gasteiger partial charge >= 0.3 is 0 Å². The fourth-order valence-electron chi connectivity index (χ4n) is 5.29. The van der Waals surface area contributed by atoms with Gasteiger partial charge in [0, 0.05) is 31.0 Å². The van der Waals surface area contributed by atoms with Crippen molar-refractivity contribution in [3.63, 3.8) is 0 Å². The predicted octanol–water partition coefficient (Wildman–Crippen LogP) is 7.87. The monoisotopic (exact) mass is 646 g/mol. The number of benzene rings is 3. The maximum Gasteiger partial charge on any atom is 0.172 e. The number of ether oxygens (including phenoxy) is 1. The molecule has 220 valence electrons. The fraction of sp³-hybridized carbons (Fsp3) is 0.139. The van der Waals surface area contributed by atoms with E-state index in [0.29, 0.717) is 41.9 Å². The van der Waals surface area contributed by atoms with Gasteiger partial charge in [0.15, 0.2) is 11.4 Å². The van der Waals surface area contributed by atoms with Gasteiger partial charge in [-0.15, -0.1) is 0 Å². The number of aromatic nitrogens is 3. The second-order valence-electron chi connectivity index (χ2n) is 10.8. The second-order valence-corrected chi connectivity index (χ2v) is 11.7. The quantitative estimate of drug-likeness (QED) is 0.142. The molecule has 0 aliphatic heterocycles. The van der Waals surface area contributed by atoms with Crippen molar-refractivity contribution >= 4 is 33.2 Å². The number of ketones is 1. The van der Waals surface area contributed by atoms with Crippen molar-refractivity contribution in [3.8, 4) is 22.8 Å². The molecular formula is C36H31BrN4O3. The van der Waals surface area contributed by atoms with Gasteiger partial charge in [-0.25, -0.2) is 4.98 Å². The van der Waals surface area contributed by atoms with Crippen molar-refractivity contribution in [1.82, 2.24) is 14.6 Å². The van der Waals surface area contributed by atoms with Crippen LogP contribution in [0, 0.1) is 0 Å². The molecule has 7 nitrogen and oxygen atoms in total. The average molecular weight is 648 g/mol. The number of para-hydroxylation sites is 2. The first-order chi connectivity index (χ1) is 21.4. The Morgan fingerprint density at radius 3 is 2.61 bits per heavy atom. The Balaban J connectivity index is 1.15. The number of hydrogen-bond donors (Lipinski definition) is 2. The molecule has 0 saturated heterocycles. The summed E-state index contributed by atoms with van der Waals surface area (Å²) in [5, 5.41) is 18.4. The molecule has 8 heteroatoms. The van der Waals surface area contributed by atoms with Crippen LogP contribution < -0.4 is 10.1 Å². The summed E-state index contributed by atoms with van der Waals surface area (Å²) in [5.74, 6) is 1.58. The largest absolute Gasteiger partial charge is 0.507 e. The lowest BCUT2D eigenvalue weighted by Crippen LogP contribution is -2.37. The highest BCUT2D eigenvalue weighted by atomic mass is 79.9. The topological polar surface area (TPSA) is 88.8 Å². The number of fused-ring (bicyclic) bond motifs is 1. The van der Waals surface area contributed by atoms with Crippen LogP contribution >= 0.6 is 15.9 Å². The molecule has 2 heterocycles. The molecule has 0 amide bonds. The zero-order valence-corrected chi connectivity index (χ0v) is 25.6. The highest BCUT2D eigenvalue weighted by Gasteiger charge is 2.33. The highest BCUT2D eigenvalue weighted by molar-refractivity contribution is 9.10. The molecule has 0 spiro atoms. The average Bonchev–Trinajstić information content (AvgIpc) is 3.41. The number of rotatable bonds is 11. The molecule has 0 saturated carbocycles. The van der Waals surface area contributed by atoms with Crippen LogP contribution in [0.15, 0.2) is 132 Å². The van der Waals surface area contributed by atoms with E-state index in [0.717, 1.165) is 27.2 Å². The summed E-state index contributed by atoms with van der Waals surface area (Å²) in [4.78, 5) is 18.1. The van der Waals surface area contributed by atoms with Crippen LogP contribution in [-0.4, -0.2) is 31.1 Å². The van der Waals surface area contributed by atoms with Crippen molar-refractivity contribution < 1.29 is 14.6 Å². The van der Waals surface area contributed by atoms with Gasteiger partial charge in [0.1, 0.15) is 22.9 Å². The number of phenolic OH excluding ortho intramolecular Hbond substituents is 1. The minimum absolute atomic E-state index is 0.0236. The van der Waals surface area contributed by atoms with E-state index in [1.165, 1.54) is 0 Å². The van der Waals surface area contributed by atoms with Crippen LogP contribution in [0.25, 0.3) is 16.9 Å². The van der Waals surface area contributed by atoms with Crippen LogP contribution in [0.4, 0.5) is 5.82 Å². The van der Waals surface area contributed by atoms with Crippen molar-refractivity contribution in [2.75, 3.05) is 5.32 Å². The third-order valence-electron chi connectivity index (χ3n) is 7.52. The Morgan fingerprint density at radius 1 is 1.02 bits per heavy atom. The van der Waals surface area contributed by atoms with Gasteiger partial charge in [-0.2, -0.15) is 9.61 Å². The normalized spacial score (nSPS) is 15.8. The van der Waals surface area contributed by atoms with E-state index >= 15 is 0 Å². The van der Waals surface area contributed by atoms with Crippen LogP contribution in [0.2, 0.25) is 0 Å². The number of aromatic hydroxyl groups is 1. The summed E-state index contributed by atoms with van der Waals surface area (Å²) in [7, 11) is 0. The lowest BCUT2D eigenvalue weighted by Gasteiger charge is -2.32. The summed E-state index contributed by atoms with van der Waals surface area (Å²) in [6.45, 7) is 4.66. The van der Waals surface area contributed by atoms with Gasteiger partial charge in [0.25, 0.3) is 0 Å². The van der Waals surface area contributed by atoms with Crippen LogP contribution in [-0.2, 0) is 17.8 Å². The zero-order valence-electron chi connectivity index (χ0n) is 24.0. The van der Waals surface area contributed by atoms with Crippen molar-refractivity contribution in [2.45, 2.75) is 31.4 Å². The molecular weight excluding hydrogens is 616 g/mol. The van der Waals surface area contributed by atoms with Gasteiger partial charge in [-0.05, 0) is 63.0 Å². The first-order valence-corrected chi connectivity index (χ1v) is 15.1. The third kappa shape index (κ3) is 6.50. The number of carbonyl (C=O) groups is 1. The molecule has 2 aromatic heterocycles. The Kier molecular flexibility index (Phi) is 8.43. The number of carbonyl (C=O) groups excluding carboxylic acids is 1. The maximum absolute atomic E-state index is 13.4. The van der Waals surface area contributed by atoms with E-state index in [1.807, 2.05) is 91.0 Å². The van der Waals surface area contributed by atoms with E-state index in [2.05, 4.69) is 39.0 Å². The van der Waals surface area contributed by atoms with E-state index in [9.17, 15) is 9.90 Å². The number of halogens is 1. The lowest BCUT2D eigenvalue weighted by atomic mass is 9.86. The highest BCUT2D eigenvalue weighted by Crippen LogP contribution is 2.32. The van der Waals surface area contributed by atoms with Gasteiger partial charge in [0.05, 0.1) is 22.8 Å². The summed E-state index contributed by atoms with van der Waals surface area (Å²) >= 11 is 3.53. The minimum Gasteiger partial charge on any atom is -0.507 e. The van der Waals surface area contributed by atoms with Gasteiger partial charge in [-0.3, -0.25) is 4.79 Å². The number of anilines is 1. The van der Waals surface area contributed by atoms with E-state index in [4.69, 9.17) is 9.72 Å². The summed E-state index contributed by atoms with van der Waals surface area (Å²) in [6, 6.07) is 26.7. The molecule has 0 bridgehead atoms. The fourth-order valence-corrected chi connectivity index (χ4v) is 5.63. The summed E-state index contributed by atoms with van der Waals surface area (Å²) < 4.78 is 8.82. The van der Waals surface area contributed by atoms with Gasteiger partial charge < -0.3 is 15.2 Å². The maximum atomic E-state index is 13.4. The first-order valence-electron chi connectivity index (χ1n) is 14.3. The Morgan fingerprint density at radius 2 is 1.82 bits per heavy atom. The Labute approximate surface area is 264 Å². The van der Waals surface area contributed by atoms with Crippen molar-refractivity contribution in [2.24, 2.45) is 0 Å². The molecule has 1 atom stereocenters. The first kappa shape index (κ1) is 29.1. The van der Waals surface area contributed by atoms with E-state index in [-0.39, 0.29) is 18.0 Å². The van der Waals surface area contributed by atoms with E-state index < -0.39 is 5.60 Å². The SMILES string of the molecule is C=C(Cc1cccc(CNc2cc(-c3ccccc3O)nc3c(Br)cnn23)c1)C(=O)CC1(Oc2ccccc2)C=CC=CC1. The number of Topliss-reactive ketones (excluding diaryl/α,β-unsaturated/α-hetero) is 1. The number of nitrogens with one attached hydrogen (secondary N) is 1. The van der Waals surface area contributed by atoms with Gasteiger partial charge in [0.2, 0.25) is 0 Å². The Hall–Kier alpha value is -4.95. The van der Waals surface area contributed by atoms with Crippen LogP contribution in [0.5, 0.6) is 11.5 Å². The molecule has 6 rings (SSSR count). The minimum atomic E-state index is -0.741. The van der Waals surface area contributed by atoms with Crippen molar-refractivity contribution in [1.29, 1.82) is 0 Å². The summed E-state index contributed by atoms with van der Waals surface area (Å²) in [5.41, 5.74) is 3.72. The molecule has 1 aliphatic rings. The Bertz CT molecular complexity index is 1900. The third-order valence-corrected chi connectivity index (χ3v) is 8.08. The summed E-state index contributed by atoms with van der Waals surface area (Å²) in [6.07, 6.45) is 10.9. The van der Waals surface area contributed by atoms with E-state index in [1.54, 1.807) is 22.8 Å². The standard InChI is InChI=1S/C36H31BrN4O3/c1-25(33(43)22-36(17-8-3-9-18-36)44-28-13-4-2-5-14-28)19-26-11-10-12-27(20-26)23-38-34-21-31(29-15-6-7-16-32(29)42)40-35-30(37)24-39-41(34)35/h2-17,20-21,24,38,42H,1,18-19,22-23H2. The molecule has 44 heavy (non-hydrogen) atoms. The lowest BCUT2D eigenvalue weighted by molar-refractivity contribution is -0.118. The zero-order chi connectivity index (χ0) is 30.5. The molecule has 0 radical (unpaired) electrons. The molecule has 1 unspecified atom stereocenters. The van der Waals surface area contributed by atoms with Gasteiger partial charge in [-0.1, -0.05) is 79.4 Å². The van der Waals surface area contributed by atoms with Crippen molar-refractivity contribution in [3.05, 3.63) is 143 Å². The van der Waals surface area contributed by atoms with Crippen LogP contribution in [0.3, 0.4) is 0 Å². The number of allylic oxidation sites excluding steroid dienone is 3. The molecule has 3 aromatic carbocycles.